The van der Waals surface area contributed by atoms with Gasteiger partial charge in [0, 0.05) is 25.2 Å². The Morgan fingerprint density at radius 3 is 2.37 bits per heavy atom. The van der Waals surface area contributed by atoms with Crippen molar-refractivity contribution in [1.82, 2.24) is 4.31 Å². The quantitative estimate of drug-likeness (QED) is 0.601. The van der Waals surface area contributed by atoms with Crippen molar-refractivity contribution < 1.29 is 13.3 Å². The molecule has 0 saturated heterocycles. The summed E-state index contributed by atoms with van der Waals surface area (Å²) < 4.78 is 25.4. The van der Waals surface area contributed by atoms with E-state index in [2.05, 4.69) is 0 Å². The fourth-order valence-corrected chi connectivity index (χ4v) is 2.76. The molecule has 0 saturated carbocycles. The minimum absolute atomic E-state index is 0.0367. The third kappa shape index (κ3) is 3.27. The van der Waals surface area contributed by atoms with Crippen LogP contribution < -0.4 is 0 Å². The molecule has 19 heavy (non-hydrogen) atoms. The van der Waals surface area contributed by atoms with E-state index in [1.807, 2.05) is 6.07 Å². The van der Waals surface area contributed by atoms with E-state index in [1.54, 1.807) is 6.92 Å². The highest BCUT2D eigenvalue weighted by Crippen LogP contribution is 2.20. The minimum Gasteiger partial charge on any atom is -0.258 e. The molecule has 0 aliphatic rings. The lowest BCUT2D eigenvalue weighted by Gasteiger charge is -2.22. The molecule has 1 aromatic carbocycles. The number of hydrogen-bond acceptors (Lipinski definition) is 5. The van der Waals surface area contributed by atoms with Crippen LogP contribution in [0.5, 0.6) is 0 Å². The first-order valence-electron chi connectivity index (χ1n) is 5.40. The van der Waals surface area contributed by atoms with Gasteiger partial charge in [0.1, 0.15) is 0 Å². The summed E-state index contributed by atoms with van der Waals surface area (Å²) in [5.41, 5.74) is -0.174. The van der Waals surface area contributed by atoms with Crippen LogP contribution in [0.3, 0.4) is 0 Å². The molecule has 7 nitrogen and oxygen atoms in total. The fraction of sp³-hybridized carbons (Fsp3) is 0.364. The summed E-state index contributed by atoms with van der Waals surface area (Å²) in [5.74, 6) is 0. The van der Waals surface area contributed by atoms with Crippen molar-refractivity contribution in [3.05, 3.63) is 34.4 Å². The summed E-state index contributed by atoms with van der Waals surface area (Å²) in [6.07, 6.45) is 0.0721. The predicted octanol–water partition coefficient (Wildman–Crippen LogP) is 1.52. The SMILES string of the molecule is CC(CC#N)N(C)S(=O)(=O)c1ccc([N+](=O)[O-])cc1. The number of nitrogens with zero attached hydrogens (tertiary/aromatic N) is 3. The Hall–Kier alpha value is -1.98. The van der Waals surface area contributed by atoms with Crippen LogP contribution in [0.2, 0.25) is 0 Å². The molecule has 0 aromatic heterocycles. The molecule has 1 aromatic rings. The van der Waals surface area contributed by atoms with E-state index >= 15 is 0 Å². The van der Waals surface area contributed by atoms with Crippen molar-refractivity contribution in [3.63, 3.8) is 0 Å². The fourth-order valence-electron chi connectivity index (χ4n) is 1.40. The van der Waals surface area contributed by atoms with Crippen LogP contribution in [0.15, 0.2) is 29.2 Å². The lowest BCUT2D eigenvalue weighted by atomic mass is 10.3. The van der Waals surface area contributed by atoms with Crippen LogP contribution in [-0.4, -0.2) is 30.7 Å². The predicted molar refractivity (Wildman–Crippen MR) is 67.7 cm³/mol. The van der Waals surface area contributed by atoms with Gasteiger partial charge in [0.05, 0.1) is 22.3 Å². The van der Waals surface area contributed by atoms with E-state index in [0.717, 1.165) is 16.4 Å². The molecule has 0 fully saturated rings. The van der Waals surface area contributed by atoms with E-state index in [1.165, 1.54) is 19.2 Å². The van der Waals surface area contributed by atoms with Gasteiger partial charge in [-0.1, -0.05) is 0 Å². The van der Waals surface area contributed by atoms with Crippen molar-refractivity contribution in [2.45, 2.75) is 24.3 Å². The molecule has 1 atom stereocenters. The average Bonchev–Trinajstić information content (AvgIpc) is 2.38. The van der Waals surface area contributed by atoms with Crippen molar-refractivity contribution >= 4 is 15.7 Å². The van der Waals surface area contributed by atoms with Gasteiger partial charge >= 0.3 is 0 Å². The lowest BCUT2D eigenvalue weighted by Crippen LogP contribution is -2.34. The molecule has 0 aliphatic carbocycles. The molecule has 0 aliphatic heterocycles. The highest BCUT2D eigenvalue weighted by atomic mass is 32.2. The maximum atomic E-state index is 12.2. The zero-order chi connectivity index (χ0) is 14.6. The first kappa shape index (κ1) is 15.1. The van der Waals surface area contributed by atoms with Crippen molar-refractivity contribution in [2.24, 2.45) is 0 Å². The van der Waals surface area contributed by atoms with E-state index in [9.17, 15) is 18.5 Å². The maximum absolute atomic E-state index is 12.2. The lowest BCUT2D eigenvalue weighted by molar-refractivity contribution is -0.384. The van der Waals surface area contributed by atoms with E-state index in [0.29, 0.717) is 0 Å². The van der Waals surface area contributed by atoms with Crippen molar-refractivity contribution in [3.8, 4) is 6.07 Å². The molecule has 0 heterocycles. The second kappa shape index (κ2) is 5.77. The zero-order valence-electron chi connectivity index (χ0n) is 10.5. The van der Waals surface area contributed by atoms with Crippen LogP contribution in [0.4, 0.5) is 5.69 Å². The van der Waals surface area contributed by atoms with Crippen molar-refractivity contribution in [1.29, 1.82) is 5.26 Å². The number of nitro groups is 1. The number of nitriles is 1. The van der Waals surface area contributed by atoms with Gasteiger partial charge in [-0.25, -0.2) is 8.42 Å². The van der Waals surface area contributed by atoms with Gasteiger partial charge < -0.3 is 0 Å². The number of hydrogen-bond donors (Lipinski definition) is 0. The van der Waals surface area contributed by atoms with Gasteiger partial charge in [-0.2, -0.15) is 9.57 Å². The standard InChI is InChI=1S/C11H13N3O4S/c1-9(7-8-12)13(2)19(17,18)11-5-3-10(4-6-11)14(15)16/h3-6,9H,7H2,1-2H3. The Labute approximate surface area is 111 Å². The molecular formula is C11H13N3O4S. The average molecular weight is 283 g/mol. The second-order valence-electron chi connectivity index (χ2n) is 3.98. The summed E-state index contributed by atoms with van der Waals surface area (Å²) in [7, 11) is -2.37. The monoisotopic (exact) mass is 283 g/mol. The molecule has 0 N–H and O–H groups in total. The van der Waals surface area contributed by atoms with Gasteiger partial charge in [-0.3, -0.25) is 10.1 Å². The van der Waals surface area contributed by atoms with E-state index < -0.39 is 21.0 Å². The smallest absolute Gasteiger partial charge is 0.258 e. The molecule has 0 spiro atoms. The molecule has 8 heteroatoms. The Balaban J connectivity index is 3.07. The molecule has 0 radical (unpaired) electrons. The van der Waals surface area contributed by atoms with Gasteiger partial charge in [0.2, 0.25) is 10.0 Å². The highest BCUT2D eigenvalue weighted by Gasteiger charge is 2.25. The molecule has 0 bridgehead atoms. The van der Waals surface area contributed by atoms with Crippen molar-refractivity contribution in [2.75, 3.05) is 7.05 Å². The summed E-state index contributed by atoms with van der Waals surface area (Å²) >= 11 is 0. The Kier molecular flexibility index (Phi) is 4.58. The van der Waals surface area contributed by atoms with E-state index in [-0.39, 0.29) is 17.0 Å². The van der Waals surface area contributed by atoms with Gasteiger partial charge in [-0.15, -0.1) is 0 Å². The normalized spacial score (nSPS) is 12.9. The summed E-state index contributed by atoms with van der Waals surface area (Å²) in [6, 6.07) is 6.07. The molecule has 1 unspecified atom stereocenters. The summed E-state index contributed by atoms with van der Waals surface area (Å²) in [5, 5.41) is 19.1. The van der Waals surface area contributed by atoms with Crippen LogP contribution in [0, 0.1) is 21.4 Å². The molecule has 1 rings (SSSR count). The largest absolute Gasteiger partial charge is 0.269 e. The van der Waals surface area contributed by atoms with Crippen LogP contribution in [-0.2, 0) is 10.0 Å². The number of nitro benzene ring substituents is 1. The van der Waals surface area contributed by atoms with Gasteiger partial charge in [-0.05, 0) is 19.1 Å². The van der Waals surface area contributed by atoms with Crippen LogP contribution >= 0.6 is 0 Å². The summed E-state index contributed by atoms with van der Waals surface area (Å²) in [4.78, 5) is 9.86. The van der Waals surface area contributed by atoms with Gasteiger partial charge in [0.15, 0.2) is 0 Å². The first-order chi connectivity index (χ1) is 8.80. The Morgan fingerprint density at radius 1 is 1.42 bits per heavy atom. The van der Waals surface area contributed by atoms with Crippen LogP contribution in [0.1, 0.15) is 13.3 Å². The number of non-ortho nitro benzene ring substituents is 1. The minimum atomic E-state index is -3.74. The Morgan fingerprint density at radius 2 is 1.95 bits per heavy atom. The number of rotatable bonds is 5. The maximum Gasteiger partial charge on any atom is 0.269 e. The highest BCUT2D eigenvalue weighted by molar-refractivity contribution is 7.89. The van der Waals surface area contributed by atoms with Gasteiger partial charge in [0.25, 0.3) is 5.69 Å². The molecule has 0 amide bonds. The number of sulfonamides is 1. The van der Waals surface area contributed by atoms with E-state index in [4.69, 9.17) is 5.26 Å². The first-order valence-corrected chi connectivity index (χ1v) is 6.84. The molecular weight excluding hydrogens is 270 g/mol. The summed E-state index contributed by atoms with van der Waals surface area (Å²) in [6.45, 7) is 1.62. The molecule has 102 valence electrons. The van der Waals surface area contributed by atoms with Crippen LogP contribution in [0.25, 0.3) is 0 Å². The topological polar surface area (TPSA) is 104 Å². The third-order valence-electron chi connectivity index (χ3n) is 2.73. The zero-order valence-corrected chi connectivity index (χ0v) is 11.3. The second-order valence-corrected chi connectivity index (χ2v) is 5.98. The third-order valence-corrected chi connectivity index (χ3v) is 4.72. The Bertz CT molecular complexity index is 604. The number of benzene rings is 1.